The molecule has 0 aliphatic heterocycles. The van der Waals surface area contributed by atoms with Crippen molar-refractivity contribution in [2.75, 3.05) is 0 Å². The van der Waals surface area contributed by atoms with Gasteiger partial charge in [0, 0.05) is 0 Å². The Balaban J connectivity index is 3.45. The molecule has 42 heavy (non-hydrogen) atoms. The zero-order valence-electron chi connectivity index (χ0n) is 28.9. The van der Waals surface area contributed by atoms with Gasteiger partial charge < -0.3 is 5.11 Å². The summed E-state index contributed by atoms with van der Waals surface area (Å²) in [5.74, 6) is -0.681. The maximum Gasteiger partial charge on any atom is 0.306 e. The van der Waals surface area contributed by atoms with Crippen molar-refractivity contribution in [3.63, 3.8) is 0 Å². The number of carboxylic acid groups (broad SMARTS) is 1. The van der Waals surface area contributed by atoms with E-state index in [1.807, 2.05) is 0 Å². The second-order valence-corrected chi connectivity index (χ2v) is 13.2. The zero-order chi connectivity index (χ0) is 30.6. The summed E-state index contributed by atoms with van der Waals surface area (Å²) in [4.78, 5) is 11.7. The van der Waals surface area contributed by atoms with E-state index in [0.29, 0.717) is 0 Å². The molecule has 0 fully saturated rings. The zero-order valence-corrected chi connectivity index (χ0v) is 28.9. The predicted molar refractivity (Wildman–Crippen MR) is 188 cm³/mol. The third-order valence-electron chi connectivity index (χ3n) is 8.98. The topological polar surface area (TPSA) is 37.3 Å². The average Bonchev–Trinajstić information content (AvgIpc) is 2.99. The first-order valence-electron chi connectivity index (χ1n) is 19.2. The van der Waals surface area contributed by atoms with Crippen LogP contribution in [-0.4, -0.2) is 11.1 Å². The summed E-state index contributed by atoms with van der Waals surface area (Å²) in [7, 11) is 0. The predicted octanol–water partition coefficient (Wildman–Crippen LogP) is 14.3. The van der Waals surface area contributed by atoms with Gasteiger partial charge >= 0.3 is 5.97 Å². The summed E-state index contributed by atoms with van der Waals surface area (Å²) in [5, 5.41) is 9.63. The first-order valence-corrected chi connectivity index (χ1v) is 19.2. The van der Waals surface area contributed by atoms with E-state index in [-0.39, 0.29) is 5.92 Å². The average molecular weight is 589 g/mol. The molecule has 0 saturated carbocycles. The van der Waals surface area contributed by atoms with Crippen LogP contribution in [0.3, 0.4) is 0 Å². The number of unbranched alkanes of at least 4 members (excludes halogenated alkanes) is 26. The molecule has 0 amide bonds. The highest BCUT2D eigenvalue weighted by atomic mass is 16.4. The molecule has 0 radical (unpaired) electrons. The van der Waals surface area contributed by atoms with Crippen molar-refractivity contribution in [2.24, 2.45) is 5.92 Å². The summed E-state index contributed by atoms with van der Waals surface area (Å²) < 4.78 is 0. The van der Waals surface area contributed by atoms with Gasteiger partial charge in [-0.3, -0.25) is 4.79 Å². The van der Waals surface area contributed by atoms with Gasteiger partial charge in [-0.1, -0.05) is 179 Å². The minimum Gasteiger partial charge on any atom is -0.481 e. The lowest BCUT2D eigenvalue weighted by molar-refractivity contribution is -0.142. The normalized spacial score (nSPS) is 12.6. The number of allylic oxidation sites excluding steroid dienone is 4. The molecular formula is C40H76O2. The van der Waals surface area contributed by atoms with Crippen LogP contribution < -0.4 is 0 Å². The smallest absolute Gasteiger partial charge is 0.306 e. The molecule has 1 atom stereocenters. The van der Waals surface area contributed by atoms with Crippen molar-refractivity contribution < 1.29 is 9.90 Å². The Kier molecular flexibility index (Phi) is 35.2. The van der Waals surface area contributed by atoms with Crippen LogP contribution in [0, 0.1) is 5.92 Å². The van der Waals surface area contributed by atoms with E-state index in [4.69, 9.17) is 0 Å². The molecule has 0 aromatic carbocycles. The van der Waals surface area contributed by atoms with Crippen molar-refractivity contribution in [2.45, 2.75) is 219 Å². The highest BCUT2D eigenvalue weighted by molar-refractivity contribution is 5.69. The molecule has 0 aromatic rings. The van der Waals surface area contributed by atoms with Gasteiger partial charge in [0.15, 0.2) is 0 Å². The quantitative estimate of drug-likeness (QED) is 0.0590. The highest BCUT2D eigenvalue weighted by Crippen LogP contribution is 2.20. The van der Waals surface area contributed by atoms with Crippen LogP contribution in [0.2, 0.25) is 0 Å². The summed E-state index contributed by atoms with van der Waals surface area (Å²) in [6.45, 7) is 4.56. The highest BCUT2D eigenvalue weighted by Gasteiger charge is 2.16. The van der Waals surface area contributed by atoms with Gasteiger partial charge in [0.05, 0.1) is 5.92 Å². The van der Waals surface area contributed by atoms with Crippen molar-refractivity contribution in [1.82, 2.24) is 0 Å². The number of hydrogen-bond donors (Lipinski definition) is 1. The fourth-order valence-corrected chi connectivity index (χ4v) is 6.02. The van der Waals surface area contributed by atoms with E-state index in [1.54, 1.807) is 0 Å². The van der Waals surface area contributed by atoms with Gasteiger partial charge in [-0.05, 0) is 64.2 Å². The van der Waals surface area contributed by atoms with E-state index in [0.717, 1.165) is 25.7 Å². The van der Waals surface area contributed by atoms with Crippen LogP contribution in [0.15, 0.2) is 24.3 Å². The van der Waals surface area contributed by atoms with E-state index in [2.05, 4.69) is 38.2 Å². The second-order valence-electron chi connectivity index (χ2n) is 13.2. The first kappa shape index (κ1) is 41.0. The van der Waals surface area contributed by atoms with E-state index in [1.165, 1.54) is 180 Å². The molecule has 0 spiro atoms. The Morgan fingerprint density at radius 1 is 0.405 bits per heavy atom. The number of carboxylic acids is 1. The van der Waals surface area contributed by atoms with Crippen molar-refractivity contribution >= 4 is 5.97 Å². The Morgan fingerprint density at radius 3 is 0.905 bits per heavy atom. The molecular weight excluding hydrogens is 512 g/mol. The Hall–Kier alpha value is -1.05. The second kappa shape index (κ2) is 36.1. The third-order valence-corrected chi connectivity index (χ3v) is 8.98. The van der Waals surface area contributed by atoms with Gasteiger partial charge in [-0.2, -0.15) is 0 Å². The molecule has 0 bridgehead atoms. The molecule has 0 aromatic heterocycles. The molecule has 0 aliphatic rings. The summed E-state index contributed by atoms with van der Waals surface area (Å²) in [6, 6.07) is 0. The first-order chi connectivity index (χ1) is 20.7. The van der Waals surface area contributed by atoms with Crippen LogP contribution in [0.5, 0.6) is 0 Å². The van der Waals surface area contributed by atoms with Gasteiger partial charge in [0.1, 0.15) is 0 Å². The maximum absolute atomic E-state index is 11.7. The molecule has 2 heteroatoms. The van der Waals surface area contributed by atoms with Gasteiger partial charge in [-0.25, -0.2) is 0 Å². The van der Waals surface area contributed by atoms with E-state index in [9.17, 15) is 9.90 Å². The van der Waals surface area contributed by atoms with Crippen LogP contribution in [0.25, 0.3) is 0 Å². The molecule has 248 valence electrons. The minimum absolute atomic E-state index is 0.115. The Bertz CT molecular complexity index is 578. The summed E-state index contributed by atoms with van der Waals surface area (Å²) in [6.07, 6.45) is 50.8. The summed E-state index contributed by atoms with van der Waals surface area (Å²) >= 11 is 0. The molecule has 2 nitrogen and oxygen atoms in total. The van der Waals surface area contributed by atoms with Crippen molar-refractivity contribution in [3.05, 3.63) is 24.3 Å². The number of aliphatic carboxylic acids is 1. The molecule has 1 N–H and O–H groups in total. The minimum atomic E-state index is -0.566. The Morgan fingerprint density at radius 2 is 0.643 bits per heavy atom. The monoisotopic (exact) mass is 589 g/mol. The van der Waals surface area contributed by atoms with Crippen LogP contribution >= 0.6 is 0 Å². The maximum atomic E-state index is 11.7. The molecule has 0 heterocycles. The Labute approximate surface area is 265 Å². The van der Waals surface area contributed by atoms with E-state index < -0.39 is 5.97 Å². The van der Waals surface area contributed by atoms with E-state index >= 15 is 0 Å². The van der Waals surface area contributed by atoms with Crippen molar-refractivity contribution in [1.29, 1.82) is 0 Å². The molecule has 0 aliphatic carbocycles. The standard InChI is InChI=1S/C40H76O2/c1-3-5-7-9-11-13-15-17-19-21-22-24-26-28-30-32-34-36-38-39(40(41)42)37-35-33-31-29-27-25-23-20-18-16-14-12-10-8-6-4-2/h17-20,39H,3-16,21-38H2,1-2H3,(H,41,42)/b19-17+,20-18+. The van der Waals surface area contributed by atoms with Gasteiger partial charge in [0.25, 0.3) is 0 Å². The largest absolute Gasteiger partial charge is 0.481 e. The lowest BCUT2D eigenvalue weighted by atomic mass is 9.94. The SMILES string of the molecule is CCCCCCCC/C=C/CCCCCCCCCCC(CCCCCCCC/C=C/CCCCCCCC)C(=O)O. The van der Waals surface area contributed by atoms with Crippen LogP contribution in [0.1, 0.15) is 219 Å². The van der Waals surface area contributed by atoms with Gasteiger partial charge in [-0.15, -0.1) is 0 Å². The fraction of sp³-hybridized carbons (Fsp3) is 0.875. The summed E-state index contributed by atoms with van der Waals surface area (Å²) in [5.41, 5.74) is 0. The fourth-order valence-electron chi connectivity index (χ4n) is 6.02. The molecule has 0 rings (SSSR count). The lowest BCUT2D eigenvalue weighted by Crippen LogP contribution is -2.13. The van der Waals surface area contributed by atoms with Gasteiger partial charge in [0.2, 0.25) is 0 Å². The van der Waals surface area contributed by atoms with Crippen LogP contribution in [-0.2, 0) is 4.79 Å². The molecule has 1 unspecified atom stereocenters. The van der Waals surface area contributed by atoms with Crippen molar-refractivity contribution in [3.8, 4) is 0 Å². The number of rotatable bonds is 35. The van der Waals surface area contributed by atoms with Crippen LogP contribution in [0.4, 0.5) is 0 Å². The molecule has 0 saturated heterocycles. The lowest BCUT2D eigenvalue weighted by Gasteiger charge is -2.12. The number of carbonyl (C=O) groups is 1. The number of hydrogen-bond acceptors (Lipinski definition) is 1. The third kappa shape index (κ3) is 33.5.